The largest absolute Gasteiger partial charge is 0.493 e. The van der Waals surface area contributed by atoms with Crippen LogP contribution in [0.2, 0.25) is 0 Å². The molecule has 1 amide bonds. The summed E-state index contributed by atoms with van der Waals surface area (Å²) in [6.45, 7) is 6.86. The number of hydrogen-bond acceptors (Lipinski definition) is 5. The van der Waals surface area contributed by atoms with Gasteiger partial charge in [-0.3, -0.25) is 4.79 Å². The molecule has 0 saturated heterocycles. The molecular weight excluding hydrogens is 358 g/mol. The Bertz CT molecular complexity index is 790. The fraction of sp³-hybridized carbons (Fsp3) is 0.409. The average Bonchev–Trinajstić information content (AvgIpc) is 2.69. The Morgan fingerprint density at radius 3 is 2.43 bits per heavy atom. The van der Waals surface area contributed by atoms with Crippen LogP contribution in [0.3, 0.4) is 0 Å². The van der Waals surface area contributed by atoms with E-state index in [1.807, 2.05) is 57.2 Å². The van der Waals surface area contributed by atoms with Gasteiger partial charge in [0.15, 0.2) is 18.1 Å². The van der Waals surface area contributed by atoms with Gasteiger partial charge in [0.25, 0.3) is 5.91 Å². The van der Waals surface area contributed by atoms with Crippen LogP contribution in [0, 0.1) is 13.8 Å². The number of ether oxygens (including phenoxy) is 4. The van der Waals surface area contributed by atoms with Gasteiger partial charge in [-0.2, -0.15) is 0 Å². The van der Waals surface area contributed by atoms with Crippen molar-refractivity contribution in [3.05, 3.63) is 53.1 Å². The minimum Gasteiger partial charge on any atom is -0.493 e. The van der Waals surface area contributed by atoms with Gasteiger partial charge >= 0.3 is 0 Å². The van der Waals surface area contributed by atoms with E-state index in [-0.39, 0.29) is 18.6 Å². The molecule has 1 unspecified atom stereocenters. The monoisotopic (exact) mass is 387 g/mol. The molecule has 0 aliphatic rings. The summed E-state index contributed by atoms with van der Waals surface area (Å²) >= 11 is 0. The molecule has 6 nitrogen and oxygen atoms in total. The van der Waals surface area contributed by atoms with Crippen molar-refractivity contribution in [3.8, 4) is 17.2 Å². The van der Waals surface area contributed by atoms with Gasteiger partial charge in [-0.1, -0.05) is 12.1 Å². The van der Waals surface area contributed by atoms with E-state index in [9.17, 15) is 4.79 Å². The Hall–Kier alpha value is -2.73. The molecular formula is C22H29NO5. The highest BCUT2D eigenvalue weighted by Gasteiger charge is 2.13. The third-order valence-corrected chi connectivity index (χ3v) is 4.46. The predicted octanol–water partition coefficient (Wildman–Crippen LogP) is 3.59. The zero-order chi connectivity index (χ0) is 20.5. The van der Waals surface area contributed by atoms with Crippen molar-refractivity contribution in [3.63, 3.8) is 0 Å². The maximum atomic E-state index is 12.2. The first-order valence-electron chi connectivity index (χ1n) is 9.23. The zero-order valence-corrected chi connectivity index (χ0v) is 17.2. The van der Waals surface area contributed by atoms with E-state index in [0.29, 0.717) is 30.5 Å². The number of rotatable bonds is 10. The smallest absolute Gasteiger partial charge is 0.258 e. The van der Waals surface area contributed by atoms with Gasteiger partial charge in [0, 0.05) is 7.11 Å². The molecule has 0 aliphatic carbocycles. The fourth-order valence-corrected chi connectivity index (χ4v) is 2.63. The van der Waals surface area contributed by atoms with Crippen LogP contribution in [-0.2, 0) is 9.53 Å². The lowest BCUT2D eigenvalue weighted by atomic mass is 10.1. The summed E-state index contributed by atoms with van der Waals surface area (Å²) in [6.07, 6.45) is 0. The lowest BCUT2D eigenvalue weighted by Gasteiger charge is -2.17. The molecule has 0 radical (unpaired) electrons. The van der Waals surface area contributed by atoms with Crippen molar-refractivity contribution >= 4 is 5.91 Å². The summed E-state index contributed by atoms with van der Waals surface area (Å²) in [5.41, 5.74) is 3.23. The third-order valence-electron chi connectivity index (χ3n) is 4.46. The van der Waals surface area contributed by atoms with Crippen LogP contribution in [-0.4, -0.2) is 39.9 Å². The Morgan fingerprint density at radius 2 is 1.75 bits per heavy atom. The first-order chi connectivity index (χ1) is 13.4. The molecule has 0 aromatic heterocycles. The number of aryl methyl sites for hydroxylation is 2. The van der Waals surface area contributed by atoms with Crippen LogP contribution in [0.4, 0.5) is 0 Å². The van der Waals surface area contributed by atoms with Crippen LogP contribution in [0.1, 0.15) is 29.7 Å². The molecule has 2 aromatic rings. The zero-order valence-electron chi connectivity index (χ0n) is 17.2. The van der Waals surface area contributed by atoms with E-state index in [4.69, 9.17) is 18.9 Å². The molecule has 0 fully saturated rings. The molecule has 6 heteroatoms. The summed E-state index contributed by atoms with van der Waals surface area (Å²) in [7, 11) is 3.21. The van der Waals surface area contributed by atoms with Gasteiger partial charge < -0.3 is 24.3 Å². The molecule has 1 atom stereocenters. The van der Waals surface area contributed by atoms with Crippen LogP contribution >= 0.6 is 0 Å². The van der Waals surface area contributed by atoms with Crippen molar-refractivity contribution in [2.24, 2.45) is 0 Å². The van der Waals surface area contributed by atoms with Crippen molar-refractivity contribution in [1.29, 1.82) is 0 Å². The number of methoxy groups -OCH3 is 2. The fourth-order valence-electron chi connectivity index (χ4n) is 2.63. The normalized spacial score (nSPS) is 11.6. The highest BCUT2D eigenvalue weighted by molar-refractivity contribution is 5.78. The second-order valence-electron chi connectivity index (χ2n) is 6.58. The van der Waals surface area contributed by atoms with Gasteiger partial charge in [-0.15, -0.1) is 0 Å². The van der Waals surface area contributed by atoms with Crippen molar-refractivity contribution in [2.75, 3.05) is 34.0 Å². The highest BCUT2D eigenvalue weighted by Crippen LogP contribution is 2.30. The molecule has 2 aromatic carbocycles. The van der Waals surface area contributed by atoms with Gasteiger partial charge in [0.05, 0.1) is 19.8 Å². The van der Waals surface area contributed by atoms with Crippen LogP contribution < -0.4 is 19.5 Å². The summed E-state index contributed by atoms with van der Waals surface area (Å²) in [4.78, 5) is 12.2. The number of carbonyl (C=O) groups excluding carboxylic acids is 1. The molecule has 1 N–H and O–H groups in total. The van der Waals surface area contributed by atoms with Crippen molar-refractivity contribution < 1.29 is 23.7 Å². The molecule has 0 aliphatic heterocycles. The number of amides is 1. The first-order valence-corrected chi connectivity index (χ1v) is 9.23. The van der Waals surface area contributed by atoms with E-state index in [0.717, 1.165) is 11.1 Å². The topological polar surface area (TPSA) is 66.0 Å². The second kappa shape index (κ2) is 10.6. The standard InChI is InChI=1S/C22H29NO5/c1-15-6-8-19(12-16(15)2)28-14-22(24)23-17(3)18-7-9-20(21(13-18)26-5)27-11-10-25-4/h6-9,12-13,17H,10-11,14H2,1-5H3,(H,23,24). The maximum absolute atomic E-state index is 12.2. The van der Waals surface area contributed by atoms with E-state index in [1.54, 1.807) is 14.2 Å². The Balaban J connectivity index is 1.92. The number of nitrogens with one attached hydrogen (secondary N) is 1. The van der Waals surface area contributed by atoms with Gasteiger partial charge in [0.1, 0.15) is 12.4 Å². The quantitative estimate of drug-likeness (QED) is 0.631. The molecule has 152 valence electrons. The lowest BCUT2D eigenvalue weighted by molar-refractivity contribution is -0.123. The van der Waals surface area contributed by atoms with Gasteiger partial charge in [-0.05, 0) is 61.7 Å². The van der Waals surface area contributed by atoms with E-state index >= 15 is 0 Å². The minimum atomic E-state index is -0.197. The molecule has 0 saturated carbocycles. The summed E-state index contributed by atoms with van der Waals surface area (Å²) < 4.78 is 21.6. The molecule has 0 heterocycles. The molecule has 0 bridgehead atoms. The van der Waals surface area contributed by atoms with Crippen LogP contribution in [0.15, 0.2) is 36.4 Å². The molecule has 2 rings (SSSR count). The Morgan fingerprint density at radius 1 is 0.964 bits per heavy atom. The first kappa shape index (κ1) is 21.6. The Kier molecular flexibility index (Phi) is 8.14. The highest BCUT2D eigenvalue weighted by atomic mass is 16.5. The SMILES string of the molecule is COCCOc1ccc(C(C)NC(=O)COc2ccc(C)c(C)c2)cc1OC. The van der Waals surface area contributed by atoms with Crippen LogP contribution in [0.25, 0.3) is 0 Å². The Labute approximate surface area is 166 Å². The molecule has 28 heavy (non-hydrogen) atoms. The van der Waals surface area contributed by atoms with Gasteiger partial charge in [0.2, 0.25) is 0 Å². The minimum absolute atomic E-state index is 0.0395. The van der Waals surface area contributed by atoms with Crippen LogP contribution in [0.5, 0.6) is 17.2 Å². The number of benzene rings is 2. The van der Waals surface area contributed by atoms with Crippen molar-refractivity contribution in [2.45, 2.75) is 26.8 Å². The summed E-state index contributed by atoms with van der Waals surface area (Å²) in [5, 5.41) is 2.94. The summed E-state index contributed by atoms with van der Waals surface area (Å²) in [5.74, 6) is 1.75. The number of carbonyl (C=O) groups is 1. The van der Waals surface area contributed by atoms with E-state index in [2.05, 4.69) is 5.32 Å². The predicted molar refractivity (Wildman–Crippen MR) is 108 cm³/mol. The average molecular weight is 387 g/mol. The second-order valence-corrected chi connectivity index (χ2v) is 6.58. The number of hydrogen-bond donors (Lipinski definition) is 1. The van der Waals surface area contributed by atoms with Gasteiger partial charge in [-0.25, -0.2) is 0 Å². The lowest BCUT2D eigenvalue weighted by Crippen LogP contribution is -2.31. The van der Waals surface area contributed by atoms with Crippen molar-refractivity contribution in [1.82, 2.24) is 5.32 Å². The van der Waals surface area contributed by atoms with E-state index in [1.165, 1.54) is 5.56 Å². The van der Waals surface area contributed by atoms with E-state index < -0.39 is 0 Å². The maximum Gasteiger partial charge on any atom is 0.258 e. The summed E-state index contributed by atoms with van der Waals surface area (Å²) in [6, 6.07) is 11.2. The third kappa shape index (κ3) is 6.16. The molecule has 0 spiro atoms.